The molecule has 0 unspecified atom stereocenters. The van der Waals surface area contributed by atoms with Crippen molar-refractivity contribution in [3.8, 4) is 0 Å². The van der Waals surface area contributed by atoms with E-state index < -0.39 is 0 Å². The van der Waals surface area contributed by atoms with Crippen molar-refractivity contribution in [3.63, 3.8) is 0 Å². The Morgan fingerprint density at radius 3 is 1.17 bits per heavy atom. The van der Waals surface area contributed by atoms with Crippen molar-refractivity contribution in [2.45, 2.75) is 26.2 Å². The second-order valence-electron chi connectivity index (χ2n) is 13.4. The lowest BCUT2D eigenvalue weighted by molar-refractivity contribution is -0.133. The predicted octanol–water partition coefficient (Wildman–Crippen LogP) is 5.54. The number of rotatable bonds is 22. The third-order valence-electron chi connectivity index (χ3n) is 9.45. The fourth-order valence-corrected chi connectivity index (χ4v) is 6.29. The van der Waals surface area contributed by atoms with Crippen molar-refractivity contribution >= 4 is 45.8 Å². The van der Waals surface area contributed by atoms with Gasteiger partial charge in [0, 0.05) is 67.7 Å². The molecule has 0 aliphatic carbocycles. The number of ether oxygens (including phenoxy) is 4. The van der Waals surface area contributed by atoms with Crippen LogP contribution in [0.5, 0.6) is 0 Å². The zero-order valence-electron chi connectivity index (χ0n) is 34.0. The van der Waals surface area contributed by atoms with Gasteiger partial charge < -0.3 is 48.5 Å². The van der Waals surface area contributed by atoms with E-state index in [1.165, 1.54) is 0 Å². The summed E-state index contributed by atoms with van der Waals surface area (Å²) in [6.07, 6.45) is 0. The number of fused-ring (bicyclic) bond motifs is 2. The maximum absolute atomic E-state index is 13.0. The summed E-state index contributed by atoms with van der Waals surface area (Å²) in [5, 5.41) is 6.76. The number of para-hydroxylation sites is 4. The molecule has 308 valence electrons. The molecule has 0 bridgehead atoms. The van der Waals surface area contributed by atoms with E-state index in [4.69, 9.17) is 28.9 Å². The van der Waals surface area contributed by atoms with Crippen LogP contribution in [0.25, 0.3) is 22.1 Å². The smallest absolute Gasteiger partial charge is 0.242 e. The molecule has 4 aromatic carbocycles. The van der Waals surface area contributed by atoms with Crippen LogP contribution in [0.2, 0.25) is 0 Å². The molecule has 2 heterocycles. The van der Waals surface area contributed by atoms with Crippen molar-refractivity contribution in [2.24, 2.45) is 0 Å². The zero-order chi connectivity index (χ0) is 41.0. The number of hydrogen-bond donors (Lipinski definition) is 2. The maximum Gasteiger partial charge on any atom is 0.242 e. The van der Waals surface area contributed by atoms with E-state index >= 15 is 0 Å². The van der Waals surface area contributed by atoms with Gasteiger partial charge in [-0.3, -0.25) is 9.59 Å². The number of methoxy groups -OCH3 is 4. The van der Waals surface area contributed by atoms with Gasteiger partial charge in [-0.1, -0.05) is 84.9 Å². The molecule has 6 aromatic rings. The summed E-state index contributed by atoms with van der Waals surface area (Å²) in [6, 6.07) is 35.9. The molecule has 0 spiro atoms. The number of benzene rings is 4. The fourth-order valence-electron chi connectivity index (χ4n) is 6.29. The van der Waals surface area contributed by atoms with Crippen LogP contribution in [-0.2, 0) is 54.7 Å². The van der Waals surface area contributed by atoms with Gasteiger partial charge in [0.15, 0.2) is 0 Å². The first-order chi connectivity index (χ1) is 28.4. The number of imidazole rings is 2. The predicted molar refractivity (Wildman–Crippen MR) is 228 cm³/mol. The minimum Gasteiger partial charge on any atom is -0.383 e. The molecule has 0 fully saturated rings. The fraction of sp³-hybridized carbons (Fsp3) is 0.364. The zero-order valence-corrected chi connectivity index (χ0v) is 34.0. The van der Waals surface area contributed by atoms with Crippen molar-refractivity contribution in [1.82, 2.24) is 28.9 Å². The second-order valence-corrected chi connectivity index (χ2v) is 13.4. The lowest BCUT2D eigenvalue weighted by atomic mass is 10.2. The van der Waals surface area contributed by atoms with Crippen molar-refractivity contribution in [1.29, 1.82) is 0 Å². The van der Waals surface area contributed by atoms with Crippen LogP contribution in [0.1, 0.15) is 11.1 Å². The van der Waals surface area contributed by atoms with E-state index in [9.17, 15) is 9.59 Å². The van der Waals surface area contributed by atoms with E-state index in [0.717, 1.165) is 33.2 Å². The Morgan fingerprint density at radius 1 is 0.500 bits per heavy atom. The van der Waals surface area contributed by atoms with E-state index in [-0.39, 0.29) is 24.9 Å². The van der Waals surface area contributed by atoms with Crippen molar-refractivity contribution < 1.29 is 28.5 Å². The van der Waals surface area contributed by atoms with Gasteiger partial charge >= 0.3 is 0 Å². The summed E-state index contributed by atoms with van der Waals surface area (Å²) in [5.41, 5.74) is 5.87. The summed E-state index contributed by atoms with van der Waals surface area (Å²) < 4.78 is 24.5. The first-order valence-corrected chi connectivity index (χ1v) is 19.4. The van der Waals surface area contributed by atoms with Crippen LogP contribution in [0.4, 0.5) is 11.9 Å². The minimum absolute atomic E-state index is 0.00464. The third kappa shape index (κ3) is 12.6. The monoisotopic (exact) mass is 792 g/mol. The number of carbonyl (C=O) groups is 2. The van der Waals surface area contributed by atoms with Crippen LogP contribution in [0.3, 0.4) is 0 Å². The first kappa shape index (κ1) is 43.3. The first-order valence-electron chi connectivity index (χ1n) is 19.4. The van der Waals surface area contributed by atoms with Crippen molar-refractivity contribution in [2.75, 3.05) is 91.7 Å². The molecule has 2 N–H and O–H groups in total. The topological polar surface area (TPSA) is 137 Å². The molecule has 2 amide bonds. The normalized spacial score (nSPS) is 11.0. The molecular weight excluding hydrogens is 737 g/mol. The maximum atomic E-state index is 13.0. The largest absolute Gasteiger partial charge is 0.383 e. The lowest BCUT2D eigenvalue weighted by Crippen LogP contribution is -2.38. The summed E-state index contributed by atoms with van der Waals surface area (Å²) in [4.78, 5) is 39.0. The Bertz CT molecular complexity index is 1960. The molecule has 14 heteroatoms. The summed E-state index contributed by atoms with van der Waals surface area (Å²) >= 11 is 0. The molecule has 0 aliphatic heterocycles. The quantitative estimate of drug-likeness (QED) is 0.0902. The van der Waals surface area contributed by atoms with Crippen molar-refractivity contribution in [3.05, 3.63) is 120 Å². The highest BCUT2D eigenvalue weighted by Gasteiger charge is 2.20. The molecular formula is C44H56N8O6. The highest BCUT2D eigenvalue weighted by atomic mass is 16.5. The number of anilines is 2. The average Bonchev–Trinajstić information content (AvgIpc) is 3.79. The van der Waals surface area contributed by atoms with Crippen LogP contribution >= 0.6 is 0 Å². The SMILES string of the molecule is COCCN(CCOC)C(=O)Cn1c(NCc2ccccc2)nc2ccccc21.COCCN(CCOC)C(=O)Cn1c(NCc2ccccc2)nc2ccccc21. The van der Waals surface area contributed by atoms with Gasteiger partial charge in [0.05, 0.1) is 48.5 Å². The number of hydrogen-bond acceptors (Lipinski definition) is 10. The Balaban J connectivity index is 0.000000221. The van der Waals surface area contributed by atoms with Gasteiger partial charge in [-0.15, -0.1) is 0 Å². The van der Waals surface area contributed by atoms with Gasteiger partial charge in [-0.25, -0.2) is 9.97 Å². The van der Waals surface area contributed by atoms with Crippen LogP contribution in [0.15, 0.2) is 109 Å². The molecule has 6 rings (SSSR count). The number of carbonyl (C=O) groups excluding carboxylic acids is 2. The molecule has 2 aromatic heterocycles. The van der Waals surface area contributed by atoms with E-state index in [1.54, 1.807) is 38.2 Å². The Morgan fingerprint density at radius 2 is 0.828 bits per heavy atom. The highest BCUT2D eigenvalue weighted by molar-refractivity contribution is 5.84. The van der Waals surface area contributed by atoms with E-state index in [1.807, 2.05) is 94.1 Å². The van der Waals surface area contributed by atoms with Gasteiger partial charge in [0.25, 0.3) is 0 Å². The molecule has 0 saturated carbocycles. The van der Waals surface area contributed by atoms with Gasteiger partial charge in [0.2, 0.25) is 23.7 Å². The molecule has 0 radical (unpaired) electrons. The molecule has 0 aliphatic rings. The van der Waals surface area contributed by atoms with Crippen LogP contribution in [-0.4, -0.2) is 122 Å². The summed E-state index contributed by atoms with van der Waals surface area (Å²) in [6.45, 7) is 5.71. The van der Waals surface area contributed by atoms with Gasteiger partial charge in [-0.2, -0.15) is 0 Å². The Labute approximate surface area is 340 Å². The van der Waals surface area contributed by atoms with Gasteiger partial charge in [-0.05, 0) is 35.4 Å². The average molecular weight is 793 g/mol. The number of amides is 2. The molecule has 14 nitrogen and oxygen atoms in total. The Kier molecular flexibility index (Phi) is 17.5. The van der Waals surface area contributed by atoms with E-state index in [2.05, 4.69) is 34.9 Å². The number of nitrogens with one attached hydrogen (secondary N) is 2. The third-order valence-corrected chi connectivity index (χ3v) is 9.45. The molecule has 0 saturated heterocycles. The second kappa shape index (κ2) is 23.4. The highest BCUT2D eigenvalue weighted by Crippen LogP contribution is 2.22. The minimum atomic E-state index is 0.00464. The number of nitrogens with zero attached hydrogens (tertiary/aromatic N) is 6. The molecule has 58 heavy (non-hydrogen) atoms. The summed E-state index contributed by atoms with van der Waals surface area (Å²) in [7, 11) is 6.53. The standard InChI is InChI=1S/2C22H28N4O3/c2*1-28-14-12-25(13-15-29-2)21(27)17-26-20-11-7-6-10-19(20)24-22(26)23-16-18-8-4-3-5-9-18/h2*3-11H,12-17H2,1-2H3,(H,23,24). The van der Waals surface area contributed by atoms with Crippen LogP contribution < -0.4 is 10.6 Å². The van der Waals surface area contributed by atoms with E-state index in [0.29, 0.717) is 77.6 Å². The Hall–Kier alpha value is -5.80. The van der Waals surface area contributed by atoms with Crippen LogP contribution in [0, 0.1) is 0 Å². The number of aromatic nitrogens is 4. The van der Waals surface area contributed by atoms with Gasteiger partial charge in [0.1, 0.15) is 13.1 Å². The lowest BCUT2D eigenvalue weighted by Gasteiger charge is -2.23. The summed E-state index contributed by atoms with van der Waals surface area (Å²) in [5.74, 6) is 1.37. The molecule has 0 atom stereocenters.